The Morgan fingerprint density at radius 1 is 1.14 bits per heavy atom. The van der Waals surface area contributed by atoms with Gasteiger partial charge < -0.3 is 14.5 Å². The molecule has 28 heavy (non-hydrogen) atoms. The normalized spacial score (nSPS) is 19.8. The number of ether oxygens (including phenoxy) is 1. The molecule has 1 fully saturated rings. The maximum absolute atomic E-state index is 13.3. The molecule has 5 heteroatoms. The third-order valence-electron chi connectivity index (χ3n) is 5.25. The van der Waals surface area contributed by atoms with E-state index in [2.05, 4.69) is 0 Å². The summed E-state index contributed by atoms with van der Waals surface area (Å²) in [7, 11) is 1.79. The quantitative estimate of drug-likeness (QED) is 0.799. The molecule has 1 aliphatic rings. The van der Waals surface area contributed by atoms with Crippen LogP contribution in [0.15, 0.2) is 54.6 Å². The Morgan fingerprint density at radius 2 is 1.79 bits per heavy atom. The van der Waals surface area contributed by atoms with Crippen molar-refractivity contribution in [2.75, 3.05) is 13.7 Å². The van der Waals surface area contributed by atoms with Crippen molar-refractivity contribution in [1.29, 1.82) is 0 Å². The van der Waals surface area contributed by atoms with Crippen LogP contribution in [0.4, 0.5) is 0 Å². The average Bonchev–Trinajstić information content (AvgIpc) is 2.69. The number of hydrogen-bond acceptors (Lipinski definition) is 3. The van der Waals surface area contributed by atoms with Gasteiger partial charge >= 0.3 is 0 Å². The van der Waals surface area contributed by atoms with Crippen molar-refractivity contribution in [3.05, 3.63) is 71.3 Å². The molecule has 0 bridgehead atoms. The summed E-state index contributed by atoms with van der Waals surface area (Å²) in [5, 5.41) is 0. The van der Waals surface area contributed by atoms with Crippen molar-refractivity contribution in [2.45, 2.75) is 45.5 Å². The summed E-state index contributed by atoms with van der Waals surface area (Å²) >= 11 is 0. The molecule has 0 aliphatic carbocycles. The number of carbonyl (C=O) groups is 2. The first kappa shape index (κ1) is 20.1. The van der Waals surface area contributed by atoms with E-state index in [-0.39, 0.29) is 24.5 Å². The number of amides is 2. The molecule has 5 nitrogen and oxygen atoms in total. The van der Waals surface area contributed by atoms with Gasteiger partial charge in [0.25, 0.3) is 5.91 Å². The van der Waals surface area contributed by atoms with Crippen LogP contribution in [0.2, 0.25) is 0 Å². The Balaban J connectivity index is 1.90. The highest BCUT2D eigenvalue weighted by Crippen LogP contribution is 2.33. The fourth-order valence-electron chi connectivity index (χ4n) is 3.77. The van der Waals surface area contributed by atoms with Crippen LogP contribution in [0, 0.1) is 6.92 Å². The Morgan fingerprint density at radius 3 is 2.43 bits per heavy atom. The van der Waals surface area contributed by atoms with Gasteiger partial charge in [0.2, 0.25) is 5.91 Å². The summed E-state index contributed by atoms with van der Waals surface area (Å²) in [6.07, 6.45) is -0.725. The molecule has 2 aromatic carbocycles. The van der Waals surface area contributed by atoms with Gasteiger partial charge in [0.1, 0.15) is 6.61 Å². The van der Waals surface area contributed by atoms with Crippen LogP contribution in [-0.4, -0.2) is 47.4 Å². The van der Waals surface area contributed by atoms with E-state index in [4.69, 9.17) is 4.74 Å². The van der Waals surface area contributed by atoms with E-state index < -0.39 is 12.1 Å². The number of benzene rings is 2. The van der Waals surface area contributed by atoms with Crippen LogP contribution in [0.5, 0.6) is 0 Å². The maximum Gasteiger partial charge on any atom is 0.254 e. The molecule has 1 aliphatic heterocycles. The second-order valence-electron chi connectivity index (χ2n) is 7.60. The highest BCUT2D eigenvalue weighted by atomic mass is 16.5. The predicted molar refractivity (Wildman–Crippen MR) is 109 cm³/mol. The fourth-order valence-corrected chi connectivity index (χ4v) is 3.77. The second kappa shape index (κ2) is 8.57. The lowest BCUT2D eigenvalue weighted by molar-refractivity contribution is -0.171. The fraction of sp³-hybridized carbons (Fsp3) is 0.391. The molecule has 1 saturated heterocycles. The van der Waals surface area contributed by atoms with E-state index in [9.17, 15) is 9.59 Å². The van der Waals surface area contributed by atoms with Crippen molar-refractivity contribution in [2.24, 2.45) is 0 Å². The van der Waals surface area contributed by atoms with Crippen molar-refractivity contribution in [3.63, 3.8) is 0 Å². The summed E-state index contributed by atoms with van der Waals surface area (Å²) in [6.45, 7) is 6.41. The average molecular weight is 380 g/mol. The van der Waals surface area contributed by atoms with Gasteiger partial charge in [-0.1, -0.05) is 54.6 Å². The number of nitrogens with zero attached hydrogens (tertiary/aromatic N) is 2. The standard InChI is InChI=1S/C23H28N2O3/c1-16(2)25-20(26)15-28-22(21(25)18-11-6-5-7-12-18)23(27)24(4)14-19-13-9-8-10-17(19)3/h5-13,16,21-22H,14-15H2,1-4H3/t21-,22+/m1/s1. The maximum atomic E-state index is 13.3. The number of rotatable bonds is 5. The molecule has 2 aromatic rings. The molecule has 0 spiro atoms. The van der Waals surface area contributed by atoms with Gasteiger partial charge in [-0.2, -0.15) is 0 Å². The molecule has 0 radical (unpaired) electrons. The number of morpholine rings is 1. The third kappa shape index (κ3) is 4.09. The Kier molecular flexibility index (Phi) is 6.15. The van der Waals surface area contributed by atoms with Gasteiger partial charge in [-0.3, -0.25) is 9.59 Å². The molecule has 3 rings (SSSR count). The van der Waals surface area contributed by atoms with Crippen LogP contribution < -0.4 is 0 Å². The van der Waals surface area contributed by atoms with E-state index in [1.165, 1.54) is 0 Å². The monoisotopic (exact) mass is 380 g/mol. The van der Waals surface area contributed by atoms with Gasteiger partial charge in [-0.05, 0) is 37.5 Å². The predicted octanol–water partition coefficient (Wildman–Crippen LogP) is 3.33. The first-order chi connectivity index (χ1) is 13.4. The Bertz CT molecular complexity index is 835. The molecular weight excluding hydrogens is 352 g/mol. The zero-order chi connectivity index (χ0) is 20.3. The molecule has 148 valence electrons. The number of hydrogen-bond donors (Lipinski definition) is 0. The van der Waals surface area contributed by atoms with Gasteiger partial charge in [0.15, 0.2) is 6.10 Å². The van der Waals surface area contributed by atoms with Crippen LogP contribution in [0.1, 0.15) is 36.6 Å². The lowest BCUT2D eigenvalue weighted by atomic mass is 9.95. The minimum Gasteiger partial charge on any atom is -0.356 e. The molecule has 0 N–H and O–H groups in total. The third-order valence-corrected chi connectivity index (χ3v) is 5.25. The number of aryl methyl sites for hydroxylation is 1. The first-order valence-electron chi connectivity index (χ1n) is 9.67. The van der Waals surface area contributed by atoms with E-state index in [1.807, 2.05) is 75.4 Å². The van der Waals surface area contributed by atoms with Gasteiger partial charge in [0.05, 0.1) is 6.04 Å². The summed E-state index contributed by atoms with van der Waals surface area (Å²) in [6, 6.07) is 17.2. The molecule has 0 unspecified atom stereocenters. The van der Waals surface area contributed by atoms with E-state index in [1.54, 1.807) is 16.8 Å². The summed E-state index contributed by atoms with van der Waals surface area (Å²) in [5.74, 6) is -0.204. The zero-order valence-corrected chi connectivity index (χ0v) is 17.0. The lowest BCUT2D eigenvalue weighted by Gasteiger charge is -2.43. The summed E-state index contributed by atoms with van der Waals surface area (Å²) < 4.78 is 5.81. The van der Waals surface area contributed by atoms with E-state index in [0.29, 0.717) is 6.54 Å². The highest BCUT2D eigenvalue weighted by molar-refractivity contribution is 5.86. The smallest absolute Gasteiger partial charge is 0.254 e. The molecule has 2 amide bonds. The molecule has 0 saturated carbocycles. The van der Waals surface area contributed by atoms with Gasteiger partial charge in [0, 0.05) is 19.6 Å². The number of likely N-dealkylation sites (N-methyl/N-ethyl adjacent to an activating group) is 1. The highest BCUT2D eigenvalue weighted by Gasteiger charge is 2.43. The van der Waals surface area contributed by atoms with E-state index in [0.717, 1.165) is 16.7 Å². The first-order valence-corrected chi connectivity index (χ1v) is 9.67. The molecule has 0 aromatic heterocycles. The van der Waals surface area contributed by atoms with Crippen molar-refractivity contribution in [1.82, 2.24) is 9.80 Å². The van der Waals surface area contributed by atoms with E-state index >= 15 is 0 Å². The minimum atomic E-state index is -0.725. The minimum absolute atomic E-state index is 0.0291. The van der Waals surface area contributed by atoms with Gasteiger partial charge in [-0.25, -0.2) is 0 Å². The Labute approximate surface area is 166 Å². The van der Waals surface area contributed by atoms with Crippen molar-refractivity contribution >= 4 is 11.8 Å². The van der Waals surface area contributed by atoms with Crippen molar-refractivity contribution in [3.8, 4) is 0 Å². The molecule has 2 atom stereocenters. The molecular formula is C23H28N2O3. The lowest BCUT2D eigenvalue weighted by Crippen LogP contribution is -2.56. The molecule has 1 heterocycles. The summed E-state index contributed by atoms with van der Waals surface area (Å²) in [5.41, 5.74) is 3.15. The van der Waals surface area contributed by atoms with Gasteiger partial charge in [-0.15, -0.1) is 0 Å². The zero-order valence-electron chi connectivity index (χ0n) is 17.0. The SMILES string of the molecule is Cc1ccccc1CN(C)C(=O)[C@H]1OCC(=O)N(C(C)C)[C@@H]1c1ccccc1. The van der Waals surface area contributed by atoms with Crippen LogP contribution in [-0.2, 0) is 20.9 Å². The van der Waals surface area contributed by atoms with Crippen molar-refractivity contribution < 1.29 is 14.3 Å². The number of carbonyl (C=O) groups excluding carboxylic acids is 2. The van der Waals surface area contributed by atoms with Crippen LogP contribution in [0.3, 0.4) is 0 Å². The topological polar surface area (TPSA) is 49.9 Å². The van der Waals surface area contributed by atoms with Crippen LogP contribution in [0.25, 0.3) is 0 Å². The largest absolute Gasteiger partial charge is 0.356 e. The summed E-state index contributed by atoms with van der Waals surface area (Å²) in [4.78, 5) is 29.4. The Hall–Kier alpha value is -2.66. The van der Waals surface area contributed by atoms with Crippen LogP contribution >= 0.6 is 0 Å². The second-order valence-corrected chi connectivity index (χ2v) is 7.60.